The Balaban J connectivity index is 2.12. The SMILES string of the molecule is Cn1ccc(CC2(C#N)CCCCCC2)n1. The lowest BCUT2D eigenvalue weighted by Gasteiger charge is -2.23. The van der Waals surface area contributed by atoms with E-state index in [0.29, 0.717) is 0 Å². The summed E-state index contributed by atoms with van der Waals surface area (Å²) in [5.41, 5.74) is 0.913. The van der Waals surface area contributed by atoms with E-state index < -0.39 is 0 Å². The van der Waals surface area contributed by atoms with Gasteiger partial charge in [-0.15, -0.1) is 0 Å². The van der Waals surface area contributed by atoms with Crippen molar-refractivity contribution in [3.63, 3.8) is 0 Å². The number of hydrogen-bond donors (Lipinski definition) is 0. The highest BCUT2D eigenvalue weighted by Gasteiger charge is 2.31. The molecule has 1 aliphatic carbocycles. The summed E-state index contributed by atoms with van der Waals surface area (Å²) in [7, 11) is 1.93. The summed E-state index contributed by atoms with van der Waals surface area (Å²) in [6.07, 6.45) is 9.82. The van der Waals surface area contributed by atoms with Gasteiger partial charge in [-0.2, -0.15) is 10.4 Å². The van der Waals surface area contributed by atoms with Crippen molar-refractivity contribution in [2.45, 2.75) is 44.9 Å². The van der Waals surface area contributed by atoms with Gasteiger partial charge in [0.15, 0.2) is 0 Å². The predicted octanol–water partition coefficient (Wildman–Crippen LogP) is 2.83. The van der Waals surface area contributed by atoms with Gasteiger partial charge in [-0.1, -0.05) is 25.7 Å². The Hall–Kier alpha value is -1.30. The monoisotopic (exact) mass is 217 g/mol. The van der Waals surface area contributed by atoms with Crippen molar-refractivity contribution in [3.05, 3.63) is 18.0 Å². The molecule has 3 heteroatoms. The Morgan fingerprint density at radius 1 is 1.38 bits per heavy atom. The third kappa shape index (κ3) is 2.44. The van der Waals surface area contributed by atoms with Gasteiger partial charge >= 0.3 is 0 Å². The number of hydrogen-bond acceptors (Lipinski definition) is 2. The minimum Gasteiger partial charge on any atom is -0.276 e. The molecule has 0 N–H and O–H groups in total. The molecule has 1 heterocycles. The first-order chi connectivity index (χ1) is 7.74. The van der Waals surface area contributed by atoms with Crippen molar-refractivity contribution in [2.24, 2.45) is 12.5 Å². The minimum atomic E-state index is -0.148. The van der Waals surface area contributed by atoms with Crippen LogP contribution in [-0.4, -0.2) is 9.78 Å². The standard InChI is InChI=1S/C13H19N3/c1-16-9-6-12(15-16)10-13(11-14)7-4-2-3-5-8-13/h6,9H,2-5,7-8,10H2,1H3. The van der Waals surface area contributed by atoms with Crippen molar-refractivity contribution in [3.8, 4) is 6.07 Å². The zero-order valence-corrected chi connectivity index (χ0v) is 9.95. The summed E-state index contributed by atoms with van der Waals surface area (Å²) in [5.74, 6) is 0. The van der Waals surface area contributed by atoms with E-state index in [1.807, 2.05) is 24.0 Å². The largest absolute Gasteiger partial charge is 0.276 e. The molecule has 0 radical (unpaired) electrons. The van der Waals surface area contributed by atoms with Crippen molar-refractivity contribution in [1.82, 2.24) is 9.78 Å². The van der Waals surface area contributed by atoms with Gasteiger partial charge in [0.1, 0.15) is 0 Å². The smallest absolute Gasteiger partial charge is 0.0693 e. The Kier molecular flexibility index (Phi) is 3.28. The summed E-state index contributed by atoms with van der Waals surface area (Å²) in [4.78, 5) is 0. The molecule has 16 heavy (non-hydrogen) atoms. The van der Waals surface area contributed by atoms with E-state index in [2.05, 4.69) is 11.2 Å². The lowest BCUT2D eigenvalue weighted by atomic mass is 9.78. The molecule has 0 bridgehead atoms. The van der Waals surface area contributed by atoms with E-state index in [1.54, 1.807) is 0 Å². The van der Waals surface area contributed by atoms with Crippen LogP contribution in [0.2, 0.25) is 0 Å². The zero-order valence-electron chi connectivity index (χ0n) is 9.95. The van der Waals surface area contributed by atoms with Crippen molar-refractivity contribution in [1.29, 1.82) is 5.26 Å². The Bertz CT molecular complexity index is 378. The molecule has 1 saturated carbocycles. The van der Waals surface area contributed by atoms with Crippen molar-refractivity contribution < 1.29 is 0 Å². The van der Waals surface area contributed by atoms with Crippen LogP contribution in [0.15, 0.2) is 12.3 Å². The second-order valence-electron chi connectivity index (χ2n) is 4.96. The van der Waals surface area contributed by atoms with E-state index in [1.165, 1.54) is 25.7 Å². The summed E-state index contributed by atoms with van der Waals surface area (Å²) < 4.78 is 1.82. The second-order valence-corrected chi connectivity index (χ2v) is 4.96. The maximum Gasteiger partial charge on any atom is 0.0693 e. The Morgan fingerprint density at radius 3 is 2.56 bits per heavy atom. The summed E-state index contributed by atoms with van der Waals surface area (Å²) in [5, 5.41) is 13.8. The molecular weight excluding hydrogens is 198 g/mol. The lowest BCUT2D eigenvalue weighted by molar-refractivity contribution is 0.335. The van der Waals surface area contributed by atoms with Gasteiger partial charge in [-0.25, -0.2) is 0 Å². The number of rotatable bonds is 2. The third-order valence-electron chi connectivity index (χ3n) is 3.59. The first kappa shape index (κ1) is 11.2. The van der Waals surface area contributed by atoms with E-state index in [-0.39, 0.29) is 5.41 Å². The van der Waals surface area contributed by atoms with E-state index >= 15 is 0 Å². The van der Waals surface area contributed by atoms with Crippen LogP contribution in [0.4, 0.5) is 0 Å². The minimum absolute atomic E-state index is 0.148. The van der Waals surface area contributed by atoms with Gasteiger partial charge in [0.2, 0.25) is 0 Å². The molecule has 3 nitrogen and oxygen atoms in total. The van der Waals surface area contributed by atoms with Crippen LogP contribution in [0.1, 0.15) is 44.2 Å². The number of nitrogens with zero attached hydrogens (tertiary/aromatic N) is 3. The Morgan fingerprint density at radius 2 is 2.06 bits per heavy atom. The van der Waals surface area contributed by atoms with Gasteiger partial charge in [0.05, 0.1) is 17.2 Å². The third-order valence-corrected chi connectivity index (χ3v) is 3.59. The molecule has 0 spiro atoms. The predicted molar refractivity (Wildman–Crippen MR) is 62.7 cm³/mol. The second kappa shape index (κ2) is 4.69. The number of aromatic nitrogens is 2. The van der Waals surface area contributed by atoms with Gasteiger partial charge in [-0.05, 0) is 18.9 Å². The van der Waals surface area contributed by atoms with Crippen LogP contribution in [0.3, 0.4) is 0 Å². The lowest BCUT2D eigenvalue weighted by Crippen LogP contribution is -2.21. The maximum atomic E-state index is 9.45. The van der Waals surface area contributed by atoms with Gasteiger partial charge < -0.3 is 0 Å². The average Bonchev–Trinajstić information content (AvgIpc) is 2.54. The van der Waals surface area contributed by atoms with Crippen LogP contribution in [0.25, 0.3) is 0 Å². The van der Waals surface area contributed by atoms with Crippen LogP contribution in [0.5, 0.6) is 0 Å². The molecule has 1 aromatic heterocycles. The summed E-state index contributed by atoms with van der Waals surface area (Å²) >= 11 is 0. The Labute approximate surface area is 97.1 Å². The normalized spacial score (nSPS) is 20.0. The van der Waals surface area contributed by atoms with Crippen molar-refractivity contribution in [2.75, 3.05) is 0 Å². The molecule has 86 valence electrons. The molecule has 0 atom stereocenters. The fraction of sp³-hybridized carbons (Fsp3) is 0.692. The highest BCUT2D eigenvalue weighted by atomic mass is 15.2. The highest BCUT2D eigenvalue weighted by molar-refractivity contribution is 5.10. The average molecular weight is 217 g/mol. The molecule has 2 rings (SSSR count). The molecule has 0 aromatic carbocycles. The highest BCUT2D eigenvalue weighted by Crippen LogP contribution is 2.37. The van der Waals surface area contributed by atoms with E-state index in [4.69, 9.17) is 0 Å². The van der Waals surface area contributed by atoms with Crippen LogP contribution in [-0.2, 0) is 13.5 Å². The molecule has 0 amide bonds. The van der Waals surface area contributed by atoms with Crippen LogP contribution < -0.4 is 0 Å². The summed E-state index contributed by atoms with van der Waals surface area (Å²) in [6, 6.07) is 4.60. The molecular formula is C13H19N3. The molecule has 1 fully saturated rings. The zero-order chi connectivity index (χ0) is 11.4. The molecule has 1 aliphatic rings. The van der Waals surface area contributed by atoms with Crippen LogP contribution >= 0.6 is 0 Å². The van der Waals surface area contributed by atoms with Gasteiger partial charge in [0.25, 0.3) is 0 Å². The molecule has 1 aromatic rings. The number of nitriles is 1. The van der Waals surface area contributed by atoms with E-state index in [0.717, 1.165) is 25.0 Å². The topological polar surface area (TPSA) is 41.6 Å². The van der Waals surface area contributed by atoms with Gasteiger partial charge in [-0.3, -0.25) is 4.68 Å². The molecule has 0 unspecified atom stereocenters. The fourth-order valence-electron chi connectivity index (χ4n) is 2.64. The maximum absolute atomic E-state index is 9.45. The summed E-state index contributed by atoms with van der Waals surface area (Å²) in [6.45, 7) is 0. The van der Waals surface area contributed by atoms with Gasteiger partial charge in [0, 0.05) is 19.7 Å². The van der Waals surface area contributed by atoms with Crippen LogP contribution in [0, 0.1) is 16.7 Å². The van der Waals surface area contributed by atoms with Crippen molar-refractivity contribution >= 4 is 0 Å². The fourth-order valence-corrected chi connectivity index (χ4v) is 2.64. The molecule has 0 saturated heterocycles. The number of aryl methyl sites for hydroxylation is 1. The first-order valence-electron chi connectivity index (χ1n) is 6.14. The van der Waals surface area contributed by atoms with E-state index in [9.17, 15) is 5.26 Å². The molecule has 0 aliphatic heterocycles. The first-order valence-corrected chi connectivity index (χ1v) is 6.14. The quantitative estimate of drug-likeness (QED) is 0.715.